The molecule has 2 aromatic heterocycles. The summed E-state index contributed by atoms with van der Waals surface area (Å²) in [4.78, 5) is 24.1. The van der Waals surface area contributed by atoms with Crippen molar-refractivity contribution in [2.75, 3.05) is 25.7 Å². The predicted octanol–water partition coefficient (Wildman–Crippen LogP) is 5.26. The topological polar surface area (TPSA) is 69.5 Å². The van der Waals surface area contributed by atoms with Gasteiger partial charge in [-0.2, -0.15) is 0 Å². The van der Waals surface area contributed by atoms with Crippen LogP contribution in [0.4, 0.5) is 5.13 Å². The standard InChI is InChI=1S/C26H28N4O3S/c1-18-6-7-19(2)25-24(18)28-26(34-25)30(14-5-13-29-15-12-27-17-29)23(31)11-9-20-8-10-21(32-3)22(16-20)33-4/h6-12,15-17H,5,13-14H2,1-4H3/b11-9+. The van der Waals surface area contributed by atoms with Crippen LogP contribution in [0.25, 0.3) is 16.3 Å². The second kappa shape index (κ2) is 10.5. The maximum Gasteiger partial charge on any atom is 0.252 e. The molecule has 0 spiro atoms. The van der Waals surface area contributed by atoms with Crippen LogP contribution in [0.5, 0.6) is 11.5 Å². The average molecular weight is 477 g/mol. The van der Waals surface area contributed by atoms with Gasteiger partial charge < -0.3 is 14.0 Å². The Kier molecular flexibility index (Phi) is 7.27. The third-order valence-corrected chi connectivity index (χ3v) is 6.82. The summed E-state index contributed by atoms with van der Waals surface area (Å²) in [5.41, 5.74) is 4.07. The fourth-order valence-corrected chi connectivity index (χ4v) is 4.85. The lowest BCUT2D eigenvalue weighted by molar-refractivity contribution is -0.114. The first-order chi connectivity index (χ1) is 16.5. The third kappa shape index (κ3) is 5.12. The summed E-state index contributed by atoms with van der Waals surface area (Å²) in [6, 6.07) is 9.73. The molecule has 0 saturated carbocycles. The zero-order valence-electron chi connectivity index (χ0n) is 19.8. The molecule has 0 N–H and O–H groups in total. The van der Waals surface area contributed by atoms with Gasteiger partial charge in [0.25, 0.3) is 5.91 Å². The van der Waals surface area contributed by atoms with Crippen LogP contribution >= 0.6 is 11.3 Å². The highest BCUT2D eigenvalue weighted by molar-refractivity contribution is 7.22. The van der Waals surface area contributed by atoms with Crippen molar-refractivity contribution < 1.29 is 14.3 Å². The van der Waals surface area contributed by atoms with E-state index in [0.717, 1.165) is 39.9 Å². The molecule has 0 fully saturated rings. The molecule has 7 nitrogen and oxygen atoms in total. The molecule has 2 aromatic carbocycles. The van der Waals surface area contributed by atoms with Gasteiger partial charge in [0, 0.05) is 31.6 Å². The van der Waals surface area contributed by atoms with Gasteiger partial charge in [-0.05, 0) is 55.2 Å². The van der Waals surface area contributed by atoms with E-state index in [1.165, 1.54) is 0 Å². The number of nitrogens with zero attached hydrogens (tertiary/aromatic N) is 4. The van der Waals surface area contributed by atoms with Gasteiger partial charge in [0.15, 0.2) is 16.6 Å². The molecule has 0 atom stereocenters. The molecule has 0 aliphatic rings. The lowest BCUT2D eigenvalue weighted by Gasteiger charge is -2.18. The summed E-state index contributed by atoms with van der Waals surface area (Å²) >= 11 is 1.56. The van der Waals surface area contributed by atoms with Gasteiger partial charge in [-0.25, -0.2) is 9.97 Å². The van der Waals surface area contributed by atoms with Gasteiger partial charge in [-0.15, -0.1) is 0 Å². The zero-order valence-corrected chi connectivity index (χ0v) is 20.6. The van der Waals surface area contributed by atoms with Crippen molar-refractivity contribution in [1.29, 1.82) is 0 Å². The van der Waals surface area contributed by atoms with E-state index in [2.05, 4.69) is 24.0 Å². The number of methoxy groups -OCH3 is 2. The number of aromatic nitrogens is 3. The minimum absolute atomic E-state index is 0.116. The zero-order chi connectivity index (χ0) is 24.1. The minimum Gasteiger partial charge on any atom is -0.493 e. The summed E-state index contributed by atoms with van der Waals surface area (Å²) in [5.74, 6) is 1.15. The van der Waals surface area contributed by atoms with Gasteiger partial charge >= 0.3 is 0 Å². The number of aryl methyl sites for hydroxylation is 3. The lowest BCUT2D eigenvalue weighted by Crippen LogP contribution is -2.30. The Morgan fingerprint density at radius 1 is 1.12 bits per heavy atom. The Morgan fingerprint density at radius 3 is 2.62 bits per heavy atom. The number of hydrogen-bond acceptors (Lipinski definition) is 6. The smallest absolute Gasteiger partial charge is 0.252 e. The molecular weight excluding hydrogens is 448 g/mol. The highest BCUT2D eigenvalue weighted by atomic mass is 32.1. The van der Waals surface area contributed by atoms with Crippen molar-refractivity contribution >= 4 is 38.7 Å². The maximum absolute atomic E-state index is 13.4. The average Bonchev–Trinajstić information content (AvgIpc) is 3.53. The van der Waals surface area contributed by atoms with Crippen molar-refractivity contribution in [2.45, 2.75) is 26.8 Å². The molecule has 0 radical (unpaired) electrons. The molecule has 0 saturated heterocycles. The van der Waals surface area contributed by atoms with Crippen LogP contribution in [-0.2, 0) is 11.3 Å². The van der Waals surface area contributed by atoms with Crippen LogP contribution in [0.3, 0.4) is 0 Å². The number of thiazole rings is 1. The number of carbonyl (C=O) groups is 1. The van der Waals surface area contributed by atoms with Gasteiger partial charge in [0.05, 0.1) is 30.8 Å². The minimum atomic E-state index is -0.116. The summed E-state index contributed by atoms with van der Waals surface area (Å²) in [6.45, 7) is 5.44. The third-order valence-electron chi connectivity index (χ3n) is 5.61. The monoisotopic (exact) mass is 476 g/mol. The Morgan fingerprint density at radius 2 is 1.91 bits per heavy atom. The molecule has 34 heavy (non-hydrogen) atoms. The number of carbonyl (C=O) groups excluding carboxylic acids is 1. The molecule has 0 bridgehead atoms. The van der Waals surface area contributed by atoms with Crippen LogP contribution in [0.1, 0.15) is 23.1 Å². The first kappa shape index (κ1) is 23.5. The number of amides is 1. The van der Waals surface area contributed by atoms with Gasteiger partial charge in [0.1, 0.15) is 0 Å². The van der Waals surface area contributed by atoms with E-state index < -0.39 is 0 Å². The maximum atomic E-state index is 13.4. The van der Waals surface area contributed by atoms with Crippen LogP contribution in [0, 0.1) is 13.8 Å². The number of benzene rings is 2. The first-order valence-electron chi connectivity index (χ1n) is 11.0. The quantitative estimate of drug-likeness (QED) is 0.308. The number of ether oxygens (including phenoxy) is 2. The fraction of sp³-hybridized carbons (Fsp3) is 0.269. The Balaban J connectivity index is 1.60. The summed E-state index contributed by atoms with van der Waals surface area (Å²) in [5, 5.41) is 0.708. The van der Waals surface area contributed by atoms with Gasteiger partial charge in [0.2, 0.25) is 0 Å². The lowest BCUT2D eigenvalue weighted by atomic mass is 10.1. The van der Waals surface area contributed by atoms with E-state index in [1.807, 2.05) is 35.9 Å². The van der Waals surface area contributed by atoms with Crippen LogP contribution in [0.15, 0.2) is 55.1 Å². The molecular formula is C26H28N4O3S. The molecule has 4 rings (SSSR count). The first-order valence-corrected chi connectivity index (χ1v) is 11.9. The highest BCUT2D eigenvalue weighted by Gasteiger charge is 2.19. The Hall–Kier alpha value is -3.65. The summed E-state index contributed by atoms with van der Waals surface area (Å²) in [7, 11) is 3.19. The highest BCUT2D eigenvalue weighted by Crippen LogP contribution is 2.33. The SMILES string of the molecule is COc1ccc(/C=C/C(=O)N(CCCn2ccnc2)c2nc3c(C)ccc(C)c3s2)cc1OC. The molecule has 0 unspecified atom stereocenters. The normalized spacial score (nSPS) is 11.3. The predicted molar refractivity (Wildman–Crippen MR) is 137 cm³/mol. The molecule has 0 aliphatic carbocycles. The van der Waals surface area contributed by atoms with Crippen LogP contribution < -0.4 is 14.4 Å². The Labute approximate surface area is 203 Å². The van der Waals surface area contributed by atoms with Crippen molar-refractivity contribution in [3.8, 4) is 11.5 Å². The molecule has 1 amide bonds. The van der Waals surface area contributed by atoms with Crippen molar-refractivity contribution in [3.63, 3.8) is 0 Å². The second-order valence-electron chi connectivity index (χ2n) is 7.97. The van der Waals surface area contributed by atoms with Gasteiger partial charge in [-0.1, -0.05) is 29.5 Å². The van der Waals surface area contributed by atoms with Crippen molar-refractivity contribution in [3.05, 3.63) is 71.8 Å². The van der Waals surface area contributed by atoms with E-state index in [1.54, 1.807) is 55.1 Å². The van der Waals surface area contributed by atoms with Crippen LogP contribution in [0.2, 0.25) is 0 Å². The van der Waals surface area contributed by atoms with Gasteiger partial charge in [-0.3, -0.25) is 9.69 Å². The largest absolute Gasteiger partial charge is 0.493 e. The second-order valence-corrected chi connectivity index (χ2v) is 8.94. The number of fused-ring (bicyclic) bond motifs is 1. The van der Waals surface area contributed by atoms with E-state index in [0.29, 0.717) is 23.2 Å². The Bertz CT molecular complexity index is 1270. The van der Waals surface area contributed by atoms with E-state index in [4.69, 9.17) is 14.5 Å². The number of anilines is 1. The van der Waals surface area contributed by atoms with E-state index >= 15 is 0 Å². The van der Waals surface area contributed by atoms with Crippen LogP contribution in [-0.4, -0.2) is 41.2 Å². The molecule has 4 aromatic rings. The van der Waals surface area contributed by atoms with Crippen molar-refractivity contribution in [1.82, 2.24) is 14.5 Å². The van der Waals surface area contributed by atoms with E-state index in [9.17, 15) is 4.79 Å². The molecule has 176 valence electrons. The van der Waals surface area contributed by atoms with E-state index in [-0.39, 0.29) is 5.91 Å². The number of hydrogen-bond donors (Lipinski definition) is 0. The summed E-state index contributed by atoms with van der Waals surface area (Å²) in [6.07, 6.45) is 9.62. The molecule has 2 heterocycles. The fourth-order valence-electron chi connectivity index (χ4n) is 3.71. The summed E-state index contributed by atoms with van der Waals surface area (Å²) < 4.78 is 13.8. The van der Waals surface area contributed by atoms with Crippen molar-refractivity contribution in [2.24, 2.45) is 0 Å². The number of imidazole rings is 1. The molecule has 0 aliphatic heterocycles. The molecule has 8 heteroatoms. The number of rotatable bonds is 9.